The fourth-order valence-electron chi connectivity index (χ4n) is 1.61. The second kappa shape index (κ2) is 7.24. The molecule has 1 N–H and O–H groups in total. The maximum absolute atomic E-state index is 11.9. The summed E-state index contributed by atoms with van der Waals surface area (Å²) < 4.78 is 4.95. The zero-order chi connectivity index (χ0) is 15.3. The number of pyridine rings is 1. The molecule has 0 aliphatic carbocycles. The Kier molecular flexibility index (Phi) is 5.95. The molecule has 0 saturated carbocycles. The molecule has 0 spiro atoms. The molecule has 5 nitrogen and oxygen atoms in total. The Hall–Kier alpha value is -1.62. The van der Waals surface area contributed by atoms with Gasteiger partial charge in [0, 0.05) is 12.2 Å². The zero-order valence-electron chi connectivity index (χ0n) is 12.1. The van der Waals surface area contributed by atoms with Crippen molar-refractivity contribution in [2.75, 3.05) is 13.2 Å². The van der Waals surface area contributed by atoms with Crippen molar-refractivity contribution in [3.05, 3.63) is 28.0 Å². The monoisotopic (exact) mass is 298 g/mol. The van der Waals surface area contributed by atoms with E-state index < -0.39 is 5.97 Å². The molecule has 1 aromatic rings. The third kappa shape index (κ3) is 4.81. The minimum atomic E-state index is -0.639. The molecule has 0 aromatic carbocycles. The number of rotatable bonds is 5. The highest BCUT2D eigenvalue weighted by molar-refractivity contribution is 6.32. The highest BCUT2D eigenvalue weighted by Gasteiger charge is 2.18. The predicted octanol–water partition coefficient (Wildman–Crippen LogP) is 2.28. The summed E-state index contributed by atoms with van der Waals surface area (Å²) in [6, 6.07) is 1.74. The Morgan fingerprint density at radius 2 is 2.05 bits per heavy atom. The summed E-state index contributed by atoms with van der Waals surface area (Å²) in [6.45, 7) is 7.71. The lowest BCUT2D eigenvalue weighted by molar-refractivity contribution is -0.124. The molecular formula is C14H19ClN2O3. The van der Waals surface area contributed by atoms with Gasteiger partial charge < -0.3 is 10.1 Å². The van der Waals surface area contributed by atoms with Gasteiger partial charge in [-0.25, -0.2) is 9.78 Å². The topological polar surface area (TPSA) is 68.3 Å². The summed E-state index contributed by atoms with van der Waals surface area (Å²) >= 11 is 5.94. The highest BCUT2D eigenvalue weighted by atomic mass is 35.5. The van der Waals surface area contributed by atoms with E-state index in [0.29, 0.717) is 18.0 Å². The number of ether oxygens (including phenoxy) is 1. The number of hydrogen-bond donors (Lipinski definition) is 1. The van der Waals surface area contributed by atoms with Gasteiger partial charge in [-0.2, -0.15) is 0 Å². The van der Waals surface area contributed by atoms with E-state index in [4.69, 9.17) is 16.3 Å². The van der Waals surface area contributed by atoms with Gasteiger partial charge in [0.2, 0.25) is 0 Å². The summed E-state index contributed by atoms with van der Waals surface area (Å²) in [5.74, 6) is -0.631. The van der Waals surface area contributed by atoms with Crippen molar-refractivity contribution in [2.24, 2.45) is 5.92 Å². The zero-order valence-corrected chi connectivity index (χ0v) is 12.9. The molecule has 0 unspecified atom stereocenters. The van der Waals surface area contributed by atoms with Crippen LogP contribution in [0.15, 0.2) is 6.07 Å². The smallest absolute Gasteiger partial charge is 0.342 e. The van der Waals surface area contributed by atoms with Crippen molar-refractivity contribution in [3.63, 3.8) is 0 Å². The number of carbonyl (C=O) groups excluding carboxylic acids is 2. The van der Waals surface area contributed by atoms with Crippen LogP contribution in [0.25, 0.3) is 0 Å². The van der Waals surface area contributed by atoms with E-state index in [-0.39, 0.29) is 23.2 Å². The molecule has 20 heavy (non-hydrogen) atoms. The van der Waals surface area contributed by atoms with Crippen LogP contribution >= 0.6 is 11.6 Å². The molecule has 0 saturated heterocycles. The molecule has 0 radical (unpaired) electrons. The van der Waals surface area contributed by atoms with Crippen LogP contribution in [0.2, 0.25) is 5.15 Å². The van der Waals surface area contributed by atoms with Crippen LogP contribution in [0.3, 0.4) is 0 Å². The lowest BCUT2D eigenvalue weighted by Gasteiger charge is -2.10. The molecule has 1 amide bonds. The van der Waals surface area contributed by atoms with E-state index >= 15 is 0 Å². The molecular weight excluding hydrogens is 280 g/mol. The molecule has 1 aromatic heterocycles. The van der Waals surface area contributed by atoms with Gasteiger partial charge in [-0.15, -0.1) is 0 Å². The third-order valence-corrected chi connectivity index (χ3v) is 2.82. The second-order valence-corrected chi connectivity index (χ2v) is 5.38. The van der Waals surface area contributed by atoms with Gasteiger partial charge in [-0.1, -0.05) is 25.4 Å². The maximum Gasteiger partial charge on any atom is 0.342 e. The van der Waals surface area contributed by atoms with Crippen molar-refractivity contribution < 1.29 is 14.3 Å². The highest BCUT2D eigenvalue weighted by Crippen LogP contribution is 2.19. The number of esters is 1. The Labute approximate surface area is 123 Å². The number of nitrogens with zero attached hydrogens (tertiary/aromatic N) is 1. The quantitative estimate of drug-likeness (QED) is 0.669. The van der Waals surface area contributed by atoms with Crippen LogP contribution in [-0.4, -0.2) is 30.0 Å². The lowest BCUT2D eigenvalue weighted by atomic mass is 10.1. The van der Waals surface area contributed by atoms with E-state index in [0.717, 1.165) is 5.69 Å². The molecule has 1 rings (SSSR count). The van der Waals surface area contributed by atoms with Crippen LogP contribution in [0.5, 0.6) is 0 Å². The number of halogens is 1. The average molecular weight is 299 g/mol. The molecule has 0 atom stereocenters. The Bertz CT molecular complexity index is 492. The fourth-order valence-corrected chi connectivity index (χ4v) is 1.97. The minimum Gasteiger partial charge on any atom is -0.452 e. The Morgan fingerprint density at radius 3 is 2.60 bits per heavy atom. The third-order valence-electron chi connectivity index (χ3n) is 2.55. The second-order valence-electron chi connectivity index (χ2n) is 5.02. The van der Waals surface area contributed by atoms with Crippen LogP contribution in [0.4, 0.5) is 0 Å². The van der Waals surface area contributed by atoms with Gasteiger partial charge in [0.1, 0.15) is 5.15 Å². The van der Waals surface area contributed by atoms with Crippen LogP contribution in [0.1, 0.15) is 35.5 Å². The van der Waals surface area contributed by atoms with Gasteiger partial charge in [0.05, 0.1) is 5.56 Å². The summed E-state index contributed by atoms with van der Waals surface area (Å²) in [6.07, 6.45) is 0. The van der Waals surface area contributed by atoms with Crippen LogP contribution in [-0.2, 0) is 9.53 Å². The normalized spacial score (nSPS) is 10.5. The number of nitrogens with one attached hydrogen (secondary N) is 1. The van der Waals surface area contributed by atoms with E-state index in [1.54, 1.807) is 19.9 Å². The van der Waals surface area contributed by atoms with E-state index in [1.807, 2.05) is 13.8 Å². The van der Waals surface area contributed by atoms with Gasteiger partial charge in [0.25, 0.3) is 5.91 Å². The van der Waals surface area contributed by atoms with Gasteiger partial charge in [-0.05, 0) is 31.4 Å². The number of amides is 1. The van der Waals surface area contributed by atoms with E-state index in [1.165, 1.54) is 0 Å². The van der Waals surface area contributed by atoms with Crippen LogP contribution < -0.4 is 5.32 Å². The number of carbonyl (C=O) groups is 2. The fraction of sp³-hybridized carbons (Fsp3) is 0.500. The maximum atomic E-state index is 11.9. The molecule has 110 valence electrons. The predicted molar refractivity (Wildman–Crippen MR) is 76.9 cm³/mol. The summed E-state index contributed by atoms with van der Waals surface area (Å²) in [5.41, 5.74) is 1.60. The molecule has 6 heteroatoms. The SMILES string of the molecule is Cc1cc(C)c(C(=O)OCC(=O)NCC(C)C)c(Cl)n1. The molecule has 0 aliphatic heterocycles. The number of aryl methyl sites for hydroxylation is 2. The number of aromatic nitrogens is 1. The standard InChI is InChI=1S/C14H19ClN2O3/c1-8(2)6-16-11(18)7-20-14(19)12-9(3)5-10(4)17-13(12)15/h5,8H,6-7H2,1-4H3,(H,16,18). The first kappa shape index (κ1) is 16.4. The summed E-state index contributed by atoms with van der Waals surface area (Å²) in [4.78, 5) is 27.4. The van der Waals surface area contributed by atoms with E-state index in [9.17, 15) is 9.59 Å². The largest absolute Gasteiger partial charge is 0.452 e. The average Bonchev–Trinajstić information content (AvgIpc) is 2.32. The van der Waals surface area contributed by atoms with Gasteiger partial charge >= 0.3 is 5.97 Å². The Balaban J connectivity index is 2.62. The number of hydrogen-bond acceptors (Lipinski definition) is 4. The minimum absolute atomic E-state index is 0.0927. The molecule has 0 fully saturated rings. The van der Waals surface area contributed by atoms with Crippen molar-refractivity contribution in [1.82, 2.24) is 10.3 Å². The summed E-state index contributed by atoms with van der Waals surface area (Å²) in [7, 11) is 0. The first-order valence-corrected chi connectivity index (χ1v) is 6.76. The van der Waals surface area contributed by atoms with Crippen molar-refractivity contribution in [2.45, 2.75) is 27.7 Å². The van der Waals surface area contributed by atoms with Gasteiger partial charge in [0.15, 0.2) is 6.61 Å². The van der Waals surface area contributed by atoms with Crippen molar-refractivity contribution in [3.8, 4) is 0 Å². The van der Waals surface area contributed by atoms with E-state index in [2.05, 4.69) is 10.3 Å². The Morgan fingerprint density at radius 1 is 1.40 bits per heavy atom. The molecule has 0 aliphatic rings. The molecule has 1 heterocycles. The lowest BCUT2D eigenvalue weighted by Crippen LogP contribution is -2.31. The van der Waals surface area contributed by atoms with Gasteiger partial charge in [-0.3, -0.25) is 4.79 Å². The first-order chi connectivity index (χ1) is 9.31. The molecule has 0 bridgehead atoms. The summed E-state index contributed by atoms with van der Waals surface area (Å²) in [5, 5.41) is 2.76. The first-order valence-electron chi connectivity index (χ1n) is 6.38. The van der Waals surface area contributed by atoms with Crippen molar-refractivity contribution in [1.29, 1.82) is 0 Å². The van der Waals surface area contributed by atoms with Crippen molar-refractivity contribution >= 4 is 23.5 Å². The van der Waals surface area contributed by atoms with Crippen LogP contribution in [0, 0.1) is 19.8 Å².